The van der Waals surface area contributed by atoms with E-state index in [1.807, 2.05) is 18.2 Å². The highest BCUT2D eigenvalue weighted by Gasteiger charge is 2.09. The summed E-state index contributed by atoms with van der Waals surface area (Å²) in [5, 5.41) is 3.85. The number of hydrogen-bond donors (Lipinski definition) is 2. The van der Waals surface area contributed by atoms with Crippen molar-refractivity contribution in [2.24, 2.45) is 5.73 Å². The SMILES string of the molecule is NCC(Nc1cccc(F)c1)c1cccc(Cl)c1. The summed E-state index contributed by atoms with van der Waals surface area (Å²) < 4.78 is 13.1. The fourth-order valence-corrected chi connectivity index (χ4v) is 1.98. The largest absolute Gasteiger partial charge is 0.377 e. The summed E-state index contributed by atoms with van der Waals surface area (Å²) in [6.45, 7) is 0.400. The monoisotopic (exact) mass is 264 g/mol. The molecule has 0 aliphatic carbocycles. The molecule has 0 saturated heterocycles. The van der Waals surface area contributed by atoms with Gasteiger partial charge in [0, 0.05) is 17.3 Å². The summed E-state index contributed by atoms with van der Waals surface area (Å²) in [5.74, 6) is -0.276. The highest BCUT2D eigenvalue weighted by molar-refractivity contribution is 6.30. The molecular formula is C14H14ClFN2. The van der Waals surface area contributed by atoms with Crippen molar-refractivity contribution in [1.29, 1.82) is 0 Å². The molecular weight excluding hydrogens is 251 g/mol. The Morgan fingerprint density at radius 1 is 1.17 bits per heavy atom. The first-order chi connectivity index (χ1) is 8.69. The van der Waals surface area contributed by atoms with E-state index in [1.165, 1.54) is 12.1 Å². The Morgan fingerprint density at radius 2 is 1.94 bits per heavy atom. The van der Waals surface area contributed by atoms with Crippen molar-refractivity contribution in [1.82, 2.24) is 0 Å². The normalized spacial score (nSPS) is 12.2. The number of halogens is 2. The molecule has 0 fully saturated rings. The third-order valence-electron chi connectivity index (χ3n) is 2.65. The standard InChI is InChI=1S/C14H14ClFN2/c15-11-4-1-3-10(7-11)14(9-17)18-13-6-2-5-12(16)8-13/h1-8,14,18H,9,17H2. The van der Waals surface area contributed by atoms with Gasteiger partial charge < -0.3 is 11.1 Å². The van der Waals surface area contributed by atoms with Crippen molar-refractivity contribution in [2.75, 3.05) is 11.9 Å². The van der Waals surface area contributed by atoms with Gasteiger partial charge in [0.1, 0.15) is 5.82 Å². The molecule has 3 N–H and O–H groups in total. The molecule has 0 spiro atoms. The minimum atomic E-state index is -0.276. The van der Waals surface area contributed by atoms with E-state index in [1.54, 1.807) is 18.2 Å². The minimum absolute atomic E-state index is 0.0921. The van der Waals surface area contributed by atoms with Gasteiger partial charge in [0.05, 0.1) is 6.04 Å². The lowest BCUT2D eigenvalue weighted by atomic mass is 10.1. The molecule has 0 radical (unpaired) electrons. The summed E-state index contributed by atoms with van der Waals surface area (Å²) >= 11 is 5.95. The van der Waals surface area contributed by atoms with Crippen molar-refractivity contribution in [3.8, 4) is 0 Å². The van der Waals surface area contributed by atoms with Gasteiger partial charge in [-0.15, -0.1) is 0 Å². The second-order valence-corrected chi connectivity index (χ2v) is 4.43. The molecule has 2 nitrogen and oxygen atoms in total. The van der Waals surface area contributed by atoms with Crippen molar-refractivity contribution >= 4 is 17.3 Å². The zero-order valence-corrected chi connectivity index (χ0v) is 10.5. The Balaban J connectivity index is 2.19. The third-order valence-corrected chi connectivity index (χ3v) is 2.89. The van der Waals surface area contributed by atoms with Gasteiger partial charge in [-0.1, -0.05) is 29.8 Å². The zero-order valence-electron chi connectivity index (χ0n) is 9.74. The van der Waals surface area contributed by atoms with Crippen molar-refractivity contribution < 1.29 is 4.39 Å². The van der Waals surface area contributed by atoms with Gasteiger partial charge in [-0.3, -0.25) is 0 Å². The lowest BCUT2D eigenvalue weighted by Gasteiger charge is -2.18. The fourth-order valence-electron chi connectivity index (χ4n) is 1.78. The third kappa shape index (κ3) is 3.22. The predicted molar refractivity (Wildman–Crippen MR) is 73.3 cm³/mol. The van der Waals surface area contributed by atoms with Crippen molar-refractivity contribution in [3.05, 3.63) is 64.9 Å². The van der Waals surface area contributed by atoms with Crippen LogP contribution in [-0.2, 0) is 0 Å². The van der Waals surface area contributed by atoms with Crippen molar-refractivity contribution in [3.63, 3.8) is 0 Å². The first kappa shape index (κ1) is 12.9. The first-order valence-electron chi connectivity index (χ1n) is 5.66. The fraction of sp³-hybridized carbons (Fsp3) is 0.143. The van der Waals surface area contributed by atoms with Gasteiger partial charge in [-0.05, 0) is 35.9 Å². The Kier molecular flexibility index (Phi) is 4.18. The molecule has 0 saturated carbocycles. The van der Waals surface area contributed by atoms with Crippen LogP contribution in [0.5, 0.6) is 0 Å². The van der Waals surface area contributed by atoms with Gasteiger partial charge >= 0.3 is 0 Å². The van der Waals surface area contributed by atoms with Crippen LogP contribution in [0.1, 0.15) is 11.6 Å². The molecule has 0 bridgehead atoms. The van der Waals surface area contributed by atoms with E-state index < -0.39 is 0 Å². The van der Waals surface area contributed by atoms with Crippen LogP contribution in [0.25, 0.3) is 0 Å². The Labute approximate surface area is 111 Å². The van der Waals surface area contributed by atoms with Crippen LogP contribution in [0, 0.1) is 5.82 Å². The van der Waals surface area contributed by atoms with E-state index in [4.69, 9.17) is 17.3 Å². The molecule has 1 unspecified atom stereocenters. The molecule has 0 aliphatic rings. The number of benzene rings is 2. The summed E-state index contributed by atoms with van der Waals surface area (Å²) in [6, 6.07) is 13.7. The number of hydrogen-bond acceptors (Lipinski definition) is 2. The average molecular weight is 265 g/mol. The van der Waals surface area contributed by atoms with Gasteiger partial charge in [0.2, 0.25) is 0 Å². The Morgan fingerprint density at radius 3 is 2.61 bits per heavy atom. The highest BCUT2D eigenvalue weighted by atomic mass is 35.5. The van der Waals surface area contributed by atoms with Crippen LogP contribution in [-0.4, -0.2) is 6.54 Å². The topological polar surface area (TPSA) is 38.0 Å². The van der Waals surface area contributed by atoms with Gasteiger partial charge in [-0.2, -0.15) is 0 Å². The molecule has 18 heavy (non-hydrogen) atoms. The molecule has 2 aromatic carbocycles. The van der Waals surface area contributed by atoms with Crippen LogP contribution in [0.2, 0.25) is 5.02 Å². The summed E-state index contributed by atoms with van der Waals surface area (Å²) in [4.78, 5) is 0. The molecule has 0 aliphatic heterocycles. The van der Waals surface area contributed by atoms with E-state index in [9.17, 15) is 4.39 Å². The molecule has 1 atom stereocenters. The smallest absolute Gasteiger partial charge is 0.125 e. The van der Waals surface area contributed by atoms with Gasteiger partial charge in [0.15, 0.2) is 0 Å². The maximum atomic E-state index is 13.1. The molecule has 0 aromatic heterocycles. The number of nitrogens with two attached hydrogens (primary N) is 1. The molecule has 4 heteroatoms. The maximum Gasteiger partial charge on any atom is 0.125 e. The maximum absolute atomic E-state index is 13.1. The zero-order chi connectivity index (χ0) is 13.0. The average Bonchev–Trinajstić information content (AvgIpc) is 2.36. The summed E-state index contributed by atoms with van der Waals surface area (Å²) in [5.41, 5.74) is 7.42. The van der Waals surface area contributed by atoms with E-state index in [0.717, 1.165) is 5.56 Å². The predicted octanol–water partition coefficient (Wildman–Crippen LogP) is 3.59. The van der Waals surface area contributed by atoms with Crippen LogP contribution < -0.4 is 11.1 Å². The number of nitrogens with one attached hydrogen (secondary N) is 1. The van der Waals surface area contributed by atoms with Crippen LogP contribution >= 0.6 is 11.6 Å². The second-order valence-electron chi connectivity index (χ2n) is 4.00. The van der Waals surface area contributed by atoms with Crippen LogP contribution in [0.15, 0.2) is 48.5 Å². The van der Waals surface area contributed by atoms with Gasteiger partial charge in [0.25, 0.3) is 0 Å². The van der Waals surface area contributed by atoms with E-state index in [0.29, 0.717) is 17.3 Å². The van der Waals surface area contributed by atoms with E-state index in [2.05, 4.69) is 5.32 Å². The molecule has 0 heterocycles. The quantitative estimate of drug-likeness (QED) is 0.886. The van der Waals surface area contributed by atoms with E-state index in [-0.39, 0.29) is 11.9 Å². The molecule has 94 valence electrons. The van der Waals surface area contributed by atoms with Crippen LogP contribution in [0.4, 0.5) is 10.1 Å². The lowest BCUT2D eigenvalue weighted by Crippen LogP contribution is -2.20. The minimum Gasteiger partial charge on any atom is -0.377 e. The van der Waals surface area contributed by atoms with Gasteiger partial charge in [-0.25, -0.2) is 4.39 Å². The second kappa shape index (κ2) is 5.85. The first-order valence-corrected chi connectivity index (χ1v) is 6.04. The summed E-state index contributed by atoms with van der Waals surface area (Å²) in [7, 11) is 0. The van der Waals surface area contributed by atoms with E-state index >= 15 is 0 Å². The Hall–Kier alpha value is -1.58. The van der Waals surface area contributed by atoms with Crippen molar-refractivity contribution in [2.45, 2.75) is 6.04 Å². The Bertz CT molecular complexity index is 531. The van der Waals surface area contributed by atoms with Crippen LogP contribution in [0.3, 0.4) is 0 Å². The number of anilines is 1. The number of rotatable bonds is 4. The molecule has 0 amide bonds. The highest BCUT2D eigenvalue weighted by Crippen LogP contribution is 2.21. The molecule has 2 rings (SSSR count). The molecule has 2 aromatic rings. The summed E-state index contributed by atoms with van der Waals surface area (Å²) in [6.07, 6.45) is 0. The lowest BCUT2D eigenvalue weighted by molar-refractivity contribution is 0.627.